The molecular weight excluding hydrogens is 380 g/mol. The van der Waals surface area contributed by atoms with E-state index in [0.717, 1.165) is 6.07 Å². The highest BCUT2D eigenvalue weighted by Crippen LogP contribution is 2.37. The molecule has 1 fully saturated rings. The number of halogens is 2. The molecule has 9 heteroatoms. The number of carbonyl (C=O) groups is 1. The number of hydrogen-bond acceptors (Lipinski definition) is 6. The number of ether oxygens (including phenoxy) is 1. The van der Waals surface area contributed by atoms with E-state index in [9.17, 15) is 13.6 Å². The number of fused-ring (bicyclic) bond motifs is 1. The molecule has 4 rings (SSSR count). The monoisotopic (exact) mass is 397 g/mol. The lowest BCUT2D eigenvalue weighted by atomic mass is 10.0. The van der Waals surface area contributed by atoms with Crippen molar-refractivity contribution in [2.24, 2.45) is 0 Å². The molecule has 0 aliphatic carbocycles. The molecule has 0 spiro atoms. The van der Waals surface area contributed by atoms with Crippen molar-refractivity contribution in [3.05, 3.63) is 59.2 Å². The van der Waals surface area contributed by atoms with Crippen molar-refractivity contribution < 1.29 is 18.3 Å². The Hall–Kier alpha value is -3.54. The molecule has 1 saturated heterocycles. The summed E-state index contributed by atoms with van der Waals surface area (Å²) in [6, 6.07) is 7.08. The smallest absolute Gasteiger partial charge is 0.343 e. The van der Waals surface area contributed by atoms with Gasteiger partial charge in [-0.15, -0.1) is 0 Å². The molecular formula is C20H17F2N5O2. The number of carbonyl (C=O) groups excluding carboxylic acids is 1. The van der Waals surface area contributed by atoms with E-state index in [1.54, 1.807) is 30.2 Å². The van der Waals surface area contributed by atoms with Crippen LogP contribution >= 0.6 is 0 Å². The third kappa shape index (κ3) is 3.49. The predicted octanol–water partition coefficient (Wildman–Crippen LogP) is 3.21. The first-order valence-corrected chi connectivity index (χ1v) is 9.13. The molecule has 0 saturated carbocycles. The molecule has 3 aromatic rings. The molecule has 3 heterocycles. The Morgan fingerprint density at radius 3 is 3.00 bits per heavy atom. The lowest BCUT2D eigenvalue weighted by Gasteiger charge is -2.26. The average Bonchev–Trinajstić information content (AvgIpc) is 3.30. The number of nitrogens with zero attached hydrogens (tertiary/aromatic N) is 5. The Kier molecular flexibility index (Phi) is 4.84. The summed E-state index contributed by atoms with van der Waals surface area (Å²) in [5, 5.41) is 13.2. The van der Waals surface area contributed by atoms with Crippen molar-refractivity contribution in [1.29, 1.82) is 5.26 Å². The Morgan fingerprint density at radius 2 is 2.24 bits per heavy atom. The topological polar surface area (TPSA) is 83.5 Å². The number of alkyl halides is 1. The molecule has 29 heavy (non-hydrogen) atoms. The van der Waals surface area contributed by atoms with Crippen LogP contribution in [0.3, 0.4) is 0 Å². The molecule has 0 N–H and O–H groups in total. The van der Waals surface area contributed by atoms with Gasteiger partial charge in [-0.25, -0.2) is 23.1 Å². The predicted molar refractivity (Wildman–Crippen MR) is 99.7 cm³/mol. The standard InChI is InChI=1S/C20H17F2N5O2/c1-2-29-20(28)16-10-24-27-4-3-18(25-19(16)27)26-11-15(22)8-17(26)13-5-12(9-23)6-14(21)7-13/h3-7,10,15,17H,2,8,11H2,1H3/t15-,17+/m0/s1. The van der Waals surface area contributed by atoms with Crippen LogP contribution in [0, 0.1) is 17.1 Å². The third-order valence-corrected chi connectivity index (χ3v) is 4.83. The number of esters is 1. The van der Waals surface area contributed by atoms with Crippen LogP contribution in [0.2, 0.25) is 0 Å². The minimum atomic E-state index is -1.14. The highest BCUT2D eigenvalue weighted by atomic mass is 19.1. The van der Waals surface area contributed by atoms with Crippen molar-refractivity contribution in [2.75, 3.05) is 18.1 Å². The van der Waals surface area contributed by atoms with E-state index in [1.807, 2.05) is 6.07 Å². The highest BCUT2D eigenvalue weighted by Gasteiger charge is 2.35. The van der Waals surface area contributed by atoms with Gasteiger partial charge in [0, 0.05) is 12.6 Å². The number of aromatic nitrogens is 3. The van der Waals surface area contributed by atoms with Gasteiger partial charge in [0.25, 0.3) is 0 Å². The maximum absolute atomic E-state index is 14.3. The molecule has 2 aromatic heterocycles. The van der Waals surface area contributed by atoms with Crippen LogP contribution < -0.4 is 4.90 Å². The van der Waals surface area contributed by atoms with E-state index in [0.29, 0.717) is 17.0 Å². The fourth-order valence-corrected chi connectivity index (χ4v) is 3.60. The lowest BCUT2D eigenvalue weighted by Crippen LogP contribution is -2.25. The van der Waals surface area contributed by atoms with Gasteiger partial charge in [-0.3, -0.25) is 0 Å². The van der Waals surface area contributed by atoms with E-state index < -0.39 is 24.0 Å². The van der Waals surface area contributed by atoms with Crippen molar-refractivity contribution in [3.63, 3.8) is 0 Å². The summed E-state index contributed by atoms with van der Waals surface area (Å²) >= 11 is 0. The number of nitriles is 1. The summed E-state index contributed by atoms with van der Waals surface area (Å²) in [5.41, 5.74) is 1.17. The second-order valence-electron chi connectivity index (χ2n) is 6.72. The number of anilines is 1. The van der Waals surface area contributed by atoms with E-state index in [4.69, 9.17) is 10.00 Å². The second-order valence-corrected chi connectivity index (χ2v) is 6.72. The molecule has 0 bridgehead atoms. The minimum absolute atomic E-state index is 0.0646. The molecule has 1 aliphatic rings. The first kappa shape index (κ1) is 18.8. The van der Waals surface area contributed by atoms with Gasteiger partial charge in [0.2, 0.25) is 0 Å². The zero-order valence-corrected chi connectivity index (χ0v) is 15.5. The maximum Gasteiger partial charge on any atom is 0.343 e. The molecule has 0 radical (unpaired) electrons. The Balaban J connectivity index is 1.75. The zero-order chi connectivity index (χ0) is 20.5. The van der Waals surface area contributed by atoms with Gasteiger partial charge < -0.3 is 9.64 Å². The maximum atomic E-state index is 14.3. The van der Waals surface area contributed by atoms with Crippen molar-refractivity contribution in [2.45, 2.75) is 25.6 Å². The van der Waals surface area contributed by atoms with Crippen molar-refractivity contribution in [1.82, 2.24) is 14.6 Å². The Bertz CT molecular complexity index is 1120. The fourth-order valence-electron chi connectivity index (χ4n) is 3.60. The van der Waals surface area contributed by atoms with Gasteiger partial charge in [-0.1, -0.05) is 0 Å². The molecule has 0 amide bonds. The van der Waals surface area contributed by atoms with Crippen LogP contribution in [0.1, 0.15) is 40.9 Å². The summed E-state index contributed by atoms with van der Waals surface area (Å²) < 4.78 is 34.7. The summed E-state index contributed by atoms with van der Waals surface area (Å²) in [6.07, 6.45) is 2.00. The van der Waals surface area contributed by atoms with E-state index in [2.05, 4.69) is 10.1 Å². The quantitative estimate of drug-likeness (QED) is 0.629. The zero-order valence-electron chi connectivity index (χ0n) is 15.5. The summed E-state index contributed by atoms with van der Waals surface area (Å²) in [5.74, 6) is -0.668. The first-order chi connectivity index (χ1) is 14.0. The summed E-state index contributed by atoms with van der Waals surface area (Å²) in [6.45, 7) is 1.98. The molecule has 1 aliphatic heterocycles. The summed E-state index contributed by atoms with van der Waals surface area (Å²) in [4.78, 5) is 18.3. The molecule has 7 nitrogen and oxygen atoms in total. The van der Waals surface area contributed by atoms with Gasteiger partial charge in [0.1, 0.15) is 23.4 Å². The number of rotatable bonds is 4. The van der Waals surface area contributed by atoms with E-state index in [-0.39, 0.29) is 30.7 Å². The lowest BCUT2D eigenvalue weighted by molar-refractivity contribution is 0.0528. The van der Waals surface area contributed by atoms with Crippen LogP contribution in [0.4, 0.5) is 14.6 Å². The van der Waals surface area contributed by atoms with E-state index >= 15 is 0 Å². The average molecular weight is 397 g/mol. The first-order valence-electron chi connectivity index (χ1n) is 9.13. The van der Waals surface area contributed by atoms with Crippen molar-refractivity contribution in [3.8, 4) is 6.07 Å². The fraction of sp³-hybridized carbons (Fsp3) is 0.300. The minimum Gasteiger partial charge on any atom is -0.462 e. The number of benzene rings is 1. The molecule has 1 aromatic carbocycles. The highest BCUT2D eigenvalue weighted by molar-refractivity contribution is 5.95. The second kappa shape index (κ2) is 7.47. The molecule has 148 valence electrons. The third-order valence-electron chi connectivity index (χ3n) is 4.83. The van der Waals surface area contributed by atoms with Crippen molar-refractivity contribution >= 4 is 17.4 Å². The van der Waals surface area contributed by atoms with Gasteiger partial charge in [0.05, 0.1) is 37.0 Å². The van der Waals surface area contributed by atoms with Crippen LogP contribution in [-0.2, 0) is 4.74 Å². The molecule has 0 unspecified atom stereocenters. The van der Waals surface area contributed by atoms with Crippen LogP contribution in [0.15, 0.2) is 36.7 Å². The van der Waals surface area contributed by atoms with Gasteiger partial charge >= 0.3 is 5.97 Å². The Labute approximate surface area is 165 Å². The van der Waals surface area contributed by atoms with Gasteiger partial charge in [-0.2, -0.15) is 10.4 Å². The van der Waals surface area contributed by atoms with Gasteiger partial charge in [-0.05, 0) is 36.8 Å². The van der Waals surface area contributed by atoms with E-state index in [1.165, 1.54) is 16.8 Å². The number of hydrogen-bond donors (Lipinski definition) is 0. The molecule has 2 atom stereocenters. The SMILES string of the molecule is CCOC(=O)c1cnn2ccc(N3C[C@@H](F)C[C@@H]3c3cc(F)cc(C#N)c3)nc12. The normalized spacial score (nSPS) is 18.8. The van der Waals surface area contributed by atoms with Crippen LogP contribution in [0.25, 0.3) is 5.65 Å². The van der Waals surface area contributed by atoms with Gasteiger partial charge in [0.15, 0.2) is 5.65 Å². The summed E-state index contributed by atoms with van der Waals surface area (Å²) in [7, 11) is 0. The largest absolute Gasteiger partial charge is 0.462 e. The van der Waals surface area contributed by atoms with Crippen LogP contribution in [0.5, 0.6) is 0 Å². The Morgan fingerprint density at radius 1 is 1.41 bits per heavy atom. The van der Waals surface area contributed by atoms with Crippen LogP contribution in [-0.4, -0.2) is 39.9 Å².